The second-order valence-corrected chi connectivity index (χ2v) is 3.85. The van der Waals surface area contributed by atoms with Crippen LogP contribution in [0.4, 0.5) is 10.2 Å². The summed E-state index contributed by atoms with van der Waals surface area (Å²) >= 11 is 0. The molecule has 2 aromatic rings. The molecule has 2 rings (SSSR count). The number of hydrogen-bond donors (Lipinski definition) is 2. The molecule has 5 nitrogen and oxygen atoms in total. The van der Waals surface area contributed by atoms with Crippen LogP contribution in [0.15, 0.2) is 30.3 Å². The van der Waals surface area contributed by atoms with Crippen molar-refractivity contribution in [2.75, 3.05) is 5.73 Å². The Balaban J connectivity index is 2.26. The monoisotopic (exact) mass is 249 g/mol. The molecule has 1 aromatic heterocycles. The molecule has 0 amide bonds. The van der Waals surface area contributed by atoms with Crippen molar-refractivity contribution >= 4 is 11.8 Å². The lowest BCUT2D eigenvalue weighted by Crippen LogP contribution is -2.03. The van der Waals surface area contributed by atoms with E-state index in [1.807, 2.05) is 0 Å². The maximum Gasteiger partial charge on any atom is 0.303 e. The quantitative estimate of drug-likeness (QED) is 0.862. The molecule has 0 radical (unpaired) electrons. The third kappa shape index (κ3) is 2.65. The average Bonchev–Trinajstić information content (AvgIpc) is 2.68. The molecule has 0 unspecified atom stereocenters. The van der Waals surface area contributed by atoms with Crippen LogP contribution >= 0.6 is 0 Å². The minimum atomic E-state index is -0.895. The molecule has 18 heavy (non-hydrogen) atoms. The minimum Gasteiger partial charge on any atom is -0.481 e. The van der Waals surface area contributed by atoms with E-state index in [2.05, 4.69) is 5.10 Å². The Labute approximate surface area is 103 Å². The summed E-state index contributed by atoms with van der Waals surface area (Å²) in [6, 6.07) is 7.46. The first kappa shape index (κ1) is 12.1. The highest BCUT2D eigenvalue weighted by atomic mass is 19.1. The van der Waals surface area contributed by atoms with Crippen LogP contribution in [0, 0.1) is 5.82 Å². The van der Waals surface area contributed by atoms with Gasteiger partial charge in [-0.25, -0.2) is 9.07 Å². The zero-order valence-electron chi connectivity index (χ0n) is 9.51. The van der Waals surface area contributed by atoms with Gasteiger partial charge in [-0.2, -0.15) is 5.10 Å². The van der Waals surface area contributed by atoms with Crippen LogP contribution in [-0.4, -0.2) is 20.9 Å². The Morgan fingerprint density at radius 3 is 2.89 bits per heavy atom. The van der Waals surface area contributed by atoms with E-state index >= 15 is 0 Å². The second kappa shape index (κ2) is 4.87. The molecule has 0 saturated carbocycles. The van der Waals surface area contributed by atoms with Gasteiger partial charge in [0.15, 0.2) is 0 Å². The van der Waals surface area contributed by atoms with Crippen molar-refractivity contribution in [3.8, 4) is 5.69 Å². The van der Waals surface area contributed by atoms with Crippen molar-refractivity contribution in [3.63, 3.8) is 0 Å². The third-order valence-corrected chi connectivity index (χ3v) is 2.44. The average molecular weight is 249 g/mol. The van der Waals surface area contributed by atoms with Gasteiger partial charge >= 0.3 is 5.97 Å². The Bertz CT molecular complexity index is 580. The number of carbonyl (C=O) groups is 1. The van der Waals surface area contributed by atoms with Gasteiger partial charge in [-0.3, -0.25) is 4.79 Å². The lowest BCUT2D eigenvalue weighted by atomic mass is 10.2. The number of nitrogens with two attached hydrogens (primary N) is 1. The van der Waals surface area contributed by atoms with Crippen molar-refractivity contribution in [1.82, 2.24) is 9.78 Å². The number of carboxylic acid groups (broad SMARTS) is 1. The molecule has 0 aliphatic carbocycles. The van der Waals surface area contributed by atoms with E-state index in [9.17, 15) is 9.18 Å². The fourth-order valence-corrected chi connectivity index (χ4v) is 1.62. The van der Waals surface area contributed by atoms with E-state index in [1.54, 1.807) is 18.2 Å². The number of hydrogen-bond acceptors (Lipinski definition) is 3. The summed E-state index contributed by atoms with van der Waals surface area (Å²) in [5, 5.41) is 12.7. The van der Waals surface area contributed by atoms with Gasteiger partial charge in [-0.05, 0) is 18.2 Å². The summed E-state index contributed by atoms with van der Waals surface area (Å²) in [4.78, 5) is 10.5. The van der Waals surface area contributed by atoms with Crippen LogP contribution in [0.25, 0.3) is 5.69 Å². The summed E-state index contributed by atoms with van der Waals surface area (Å²) in [5.41, 5.74) is 6.84. The van der Waals surface area contributed by atoms with Crippen molar-refractivity contribution in [3.05, 3.63) is 41.8 Å². The van der Waals surface area contributed by atoms with Gasteiger partial charge in [0.05, 0.1) is 17.8 Å². The molecule has 0 fully saturated rings. The van der Waals surface area contributed by atoms with Gasteiger partial charge in [0, 0.05) is 12.5 Å². The fourth-order valence-electron chi connectivity index (χ4n) is 1.62. The number of halogens is 1. The van der Waals surface area contributed by atoms with Gasteiger partial charge in [-0.1, -0.05) is 6.07 Å². The standard InChI is InChI=1S/C12H12FN3O2/c13-8-2-1-3-10(6-8)16-11(14)7-9(15-16)4-5-12(17)18/h1-3,6-7H,4-5,14H2,(H,17,18). The Kier molecular flexibility index (Phi) is 3.27. The first-order valence-electron chi connectivity index (χ1n) is 5.38. The first-order chi connectivity index (χ1) is 8.56. The number of aromatic nitrogens is 2. The zero-order valence-corrected chi connectivity index (χ0v) is 9.51. The van der Waals surface area contributed by atoms with Gasteiger partial charge in [0.1, 0.15) is 11.6 Å². The SMILES string of the molecule is Nc1cc(CCC(=O)O)nn1-c1cccc(F)c1. The maximum absolute atomic E-state index is 13.1. The van der Waals surface area contributed by atoms with E-state index in [0.717, 1.165) is 0 Å². The van der Waals surface area contributed by atoms with Crippen molar-refractivity contribution in [2.45, 2.75) is 12.8 Å². The van der Waals surface area contributed by atoms with Gasteiger partial charge in [-0.15, -0.1) is 0 Å². The topological polar surface area (TPSA) is 81.1 Å². The highest BCUT2D eigenvalue weighted by Gasteiger charge is 2.09. The number of carboxylic acids is 1. The van der Waals surface area contributed by atoms with Crippen LogP contribution in [0.2, 0.25) is 0 Å². The van der Waals surface area contributed by atoms with Gasteiger partial charge in [0.2, 0.25) is 0 Å². The molecule has 1 heterocycles. The van der Waals surface area contributed by atoms with Crippen LogP contribution in [0.1, 0.15) is 12.1 Å². The number of aliphatic carboxylic acids is 1. The molecule has 3 N–H and O–H groups in total. The van der Waals surface area contributed by atoms with Crippen LogP contribution in [-0.2, 0) is 11.2 Å². The Hall–Kier alpha value is -2.37. The lowest BCUT2D eigenvalue weighted by Gasteiger charge is -2.03. The molecule has 0 saturated heterocycles. The number of aryl methyl sites for hydroxylation is 1. The first-order valence-corrected chi connectivity index (χ1v) is 5.38. The molecule has 0 spiro atoms. The Morgan fingerprint density at radius 1 is 1.44 bits per heavy atom. The number of nitrogens with zero attached hydrogens (tertiary/aromatic N) is 2. The van der Waals surface area contributed by atoms with Crippen LogP contribution in [0.5, 0.6) is 0 Å². The summed E-state index contributed by atoms with van der Waals surface area (Å²) < 4.78 is 14.5. The molecule has 0 aliphatic rings. The third-order valence-electron chi connectivity index (χ3n) is 2.44. The normalized spacial score (nSPS) is 10.5. The molecule has 94 valence electrons. The summed E-state index contributed by atoms with van der Waals surface area (Å²) in [7, 11) is 0. The smallest absolute Gasteiger partial charge is 0.303 e. The summed E-state index contributed by atoms with van der Waals surface area (Å²) in [6.07, 6.45) is 0.279. The van der Waals surface area contributed by atoms with Crippen LogP contribution in [0.3, 0.4) is 0 Å². The van der Waals surface area contributed by atoms with Crippen molar-refractivity contribution < 1.29 is 14.3 Å². The Morgan fingerprint density at radius 2 is 2.22 bits per heavy atom. The number of rotatable bonds is 4. The van der Waals surface area contributed by atoms with E-state index in [4.69, 9.17) is 10.8 Å². The number of anilines is 1. The zero-order chi connectivity index (χ0) is 13.1. The summed E-state index contributed by atoms with van der Waals surface area (Å²) in [5.74, 6) is -0.927. The predicted octanol–water partition coefficient (Wildman–Crippen LogP) is 1.61. The molecule has 0 bridgehead atoms. The largest absolute Gasteiger partial charge is 0.481 e. The molecule has 0 aliphatic heterocycles. The van der Waals surface area contributed by atoms with Gasteiger partial charge in [0.25, 0.3) is 0 Å². The molecule has 1 aromatic carbocycles. The minimum absolute atomic E-state index is 0.0143. The predicted molar refractivity (Wildman–Crippen MR) is 63.9 cm³/mol. The van der Waals surface area contributed by atoms with Crippen LogP contribution < -0.4 is 5.73 Å². The highest BCUT2D eigenvalue weighted by Crippen LogP contribution is 2.16. The maximum atomic E-state index is 13.1. The second-order valence-electron chi connectivity index (χ2n) is 3.85. The number of benzene rings is 1. The van der Waals surface area contributed by atoms with Gasteiger partial charge < -0.3 is 10.8 Å². The van der Waals surface area contributed by atoms with E-state index in [0.29, 0.717) is 23.6 Å². The van der Waals surface area contributed by atoms with Crippen molar-refractivity contribution in [2.24, 2.45) is 0 Å². The van der Waals surface area contributed by atoms with E-state index in [-0.39, 0.29) is 12.2 Å². The summed E-state index contributed by atoms with van der Waals surface area (Å²) in [6.45, 7) is 0. The molecular formula is C12H12FN3O2. The number of nitrogen functional groups attached to an aromatic ring is 1. The highest BCUT2D eigenvalue weighted by molar-refractivity contribution is 5.67. The van der Waals surface area contributed by atoms with E-state index in [1.165, 1.54) is 16.8 Å². The fraction of sp³-hybridized carbons (Fsp3) is 0.167. The lowest BCUT2D eigenvalue weighted by molar-refractivity contribution is -0.136. The van der Waals surface area contributed by atoms with E-state index < -0.39 is 5.97 Å². The molecular weight excluding hydrogens is 237 g/mol. The molecule has 6 heteroatoms. The molecule has 0 atom stereocenters. The van der Waals surface area contributed by atoms with Crippen molar-refractivity contribution in [1.29, 1.82) is 0 Å².